The quantitative estimate of drug-likeness (QED) is 0.512. The highest BCUT2D eigenvalue weighted by molar-refractivity contribution is 5.69. The number of rotatable bonds is 3. The smallest absolute Gasteiger partial charge is 0.227 e. The van der Waals surface area contributed by atoms with Gasteiger partial charge in [-0.3, -0.25) is 4.57 Å². The molecule has 0 unspecified atom stereocenters. The fourth-order valence-corrected chi connectivity index (χ4v) is 4.15. The van der Waals surface area contributed by atoms with Gasteiger partial charge in [0.2, 0.25) is 5.95 Å². The molecule has 2 aromatic heterocycles. The van der Waals surface area contributed by atoms with Gasteiger partial charge in [-0.05, 0) is 48.4 Å². The van der Waals surface area contributed by atoms with Gasteiger partial charge in [-0.25, -0.2) is 23.7 Å². The molecule has 2 N–H and O–H groups in total. The Morgan fingerprint density at radius 3 is 2.94 bits per heavy atom. The molecule has 0 saturated carbocycles. The molecule has 0 aliphatic carbocycles. The molecule has 6 rings (SSSR count). The third-order valence-electron chi connectivity index (χ3n) is 5.73. The molecule has 4 aromatic rings. The topological polar surface area (TPSA) is 76.9 Å². The second kappa shape index (κ2) is 7.38. The average molecular weight is 432 g/mol. The molecule has 0 spiro atoms. The van der Waals surface area contributed by atoms with E-state index in [2.05, 4.69) is 31.7 Å². The summed E-state index contributed by atoms with van der Waals surface area (Å²) in [5, 5.41) is 6.47. The van der Waals surface area contributed by atoms with Crippen molar-refractivity contribution in [2.45, 2.75) is 19.6 Å². The molecule has 32 heavy (non-hydrogen) atoms. The minimum atomic E-state index is -0.646. The van der Waals surface area contributed by atoms with Crippen molar-refractivity contribution in [2.24, 2.45) is 0 Å². The number of anilines is 2. The molecular formula is C23H18F2N6O. The fourth-order valence-electron chi connectivity index (χ4n) is 4.15. The van der Waals surface area contributed by atoms with Crippen LogP contribution < -0.4 is 15.4 Å². The number of nitrogens with one attached hydrogen (secondary N) is 2. The summed E-state index contributed by atoms with van der Waals surface area (Å²) in [6, 6.07) is 8.92. The van der Waals surface area contributed by atoms with Crippen LogP contribution in [0.4, 0.5) is 20.4 Å². The molecule has 160 valence electrons. The van der Waals surface area contributed by atoms with Gasteiger partial charge < -0.3 is 15.4 Å². The average Bonchev–Trinajstić information content (AvgIpc) is 3.30. The maximum Gasteiger partial charge on any atom is 0.227 e. The van der Waals surface area contributed by atoms with Gasteiger partial charge >= 0.3 is 0 Å². The Morgan fingerprint density at radius 1 is 1.06 bits per heavy atom. The van der Waals surface area contributed by atoms with Crippen LogP contribution in [-0.2, 0) is 19.6 Å². The molecule has 4 heterocycles. The van der Waals surface area contributed by atoms with Crippen LogP contribution in [0.1, 0.15) is 16.8 Å². The zero-order valence-corrected chi connectivity index (χ0v) is 16.9. The monoisotopic (exact) mass is 432 g/mol. The summed E-state index contributed by atoms with van der Waals surface area (Å²) >= 11 is 0. The zero-order chi connectivity index (χ0) is 21.7. The zero-order valence-electron chi connectivity index (χ0n) is 16.9. The van der Waals surface area contributed by atoms with Crippen molar-refractivity contribution in [2.75, 3.05) is 11.9 Å². The van der Waals surface area contributed by atoms with E-state index in [1.54, 1.807) is 23.2 Å². The standard InChI is InChI=1S/C23H18F2N6O/c24-18-6-14(7-20-22(18)32-11-17-9-27-12-31(17)20)21-19(25)10-28-23(30-21)29-16-2-1-13-3-4-26-8-15(13)5-16/h1-2,5-7,9-10,12,26H,3-4,8,11H2,(H,28,29,30). The highest BCUT2D eigenvalue weighted by Gasteiger charge is 2.23. The molecule has 0 saturated heterocycles. The van der Waals surface area contributed by atoms with Gasteiger partial charge in [0, 0.05) is 17.8 Å². The van der Waals surface area contributed by atoms with Gasteiger partial charge in [0.25, 0.3) is 0 Å². The van der Waals surface area contributed by atoms with Gasteiger partial charge in [-0.2, -0.15) is 0 Å². The van der Waals surface area contributed by atoms with Crippen molar-refractivity contribution < 1.29 is 13.5 Å². The number of benzene rings is 2. The predicted octanol–water partition coefficient (Wildman–Crippen LogP) is 3.89. The van der Waals surface area contributed by atoms with Crippen molar-refractivity contribution in [1.29, 1.82) is 0 Å². The van der Waals surface area contributed by atoms with Crippen LogP contribution >= 0.6 is 0 Å². The molecule has 0 atom stereocenters. The Morgan fingerprint density at radius 2 is 2.00 bits per heavy atom. The van der Waals surface area contributed by atoms with Crippen LogP contribution in [-0.4, -0.2) is 26.1 Å². The lowest BCUT2D eigenvalue weighted by Gasteiger charge is -2.21. The molecule has 2 aliphatic rings. The van der Waals surface area contributed by atoms with Crippen LogP contribution in [0.25, 0.3) is 16.9 Å². The van der Waals surface area contributed by atoms with E-state index < -0.39 is 11.6 Å². The first kappa shape index (κ1) is 18.9. The van der Waals surface area contributed by atoms with Crippen molar-refractivity contribution in [3.8, 4) is 22.7 Å². The lowest BCUT2D eigenvalue weighted by molar-refractivity contribution is 0.270. The summed E-state index contributed by atoms with van der Waals surface area (Å²) in [5.41, 5.74) is 4.82. The number of fused-ring (bicyclic) bond motifs is 4. The third-order valence-corrected chi connectivity index (χ3v) is 5.73. The van der Waals surface area contributed by atoms with Crippen molar-refractivity contribution in [3.05, 3.63) is 77.5 Å². The van der Waals surface area contributed by atoms with Crippen LogP contribution in [0.15, 0.2) is 49.1 Å². The predicted molar refractivity (Wildman–Crippen MR) is 114 cm³/mol. The number of hydrogen-bond acceptors (Lipinski definition) is 6. The summed E-state index contributed by atoms with van der Waals surface area (Å²) in [5.74, 6) is -0.906. The van der Waals surface area contributed by atoms with Crippen LogP contribution in [0.5, 0.6) is 5.75 Å². The Bertz CT molecular complexity index is 1350. The molecule has 0 radical (unpaired) electrons. The summed E-state index contributed by atoms with van der Waals surface area (Å²) in [6.07, 6.45) is 5.29. The number of aromatic nitrogens is 4. The van der Waals surface area contributed by atoms with Crippen molar-refractivity contribution in [1.82, 2.24) is 24.8 Å². The van der Waals surface area contributed by atoms with Gasteiger partial charge in [0.15, 0.2) is 17.4 Å². The van der Waals surface area contributed by atoms with E-state index in [0.717, 1.165) is 37.1 Å². The summed E-state index contributed by atoms with van der Waals surface area (Å²) in [4.78, 5) is 12.5. The van der Waals surface area contributed by atoms with Gasteiger partial charge in [0.05, 0.1) is 30.1 Å². The van der Waals surface area contributed by atoms with E-state index in [9.17, 15) is 8.78 Å². The van der Waals surface area contributed by atoms with Crippen LogP contribution in [0, 0.1) is 11.6 Å². The van der Waals surface area contributed by atoms with Crippen molar-refractivity contribution >= 4 is 11.6 Å². The van der Waals surface area contributed by atoms with Crippen LogP contribution in [0.2, 0.25) is 0 Å². The van der Waals surface area contributed by atoms with E-state index in [1.165, 1.54) is 17.2 Å². The van der Waals surface area contributed by atoms with Crippen LogP contribution in [0.3, 0.4) is 0 Å². The largest absolute Gasteiger partial charge is 0.482 e. The Kier molecular flexibility index (Phi) is 4.36. The fraction of sp³-hybridized carbons (Fsp3) is 0.174. The lowest BCUT2D eigenvalue weighted by atomic mass is 10.0. The maximum absolute atomic E-state index is 14.8. The van der Waals surface area contributed by atoms with E-state index in [-0.39, 0.29) is 29.6 Å². The Hall–Kier alpha value is -3.85. The van der Waals surface area contributed by atoms with E-state index in [0.29, 0.717) is 5.69 Å². The first-order chi connectivity index (χ1) is 15.7. The molecule has 0 bridgehead atoms. The second-order valence-electron chi connectivity index (χ2n) is 7.78. The normalized spacial score (nSPS) is 14.2. The van der Waals surface area contributed by atoms with E-state index >= 15 is 0 Å². The molecule has 0 amide bonds. The van der Waals surface area contributed by atoms with Gasteiger partial charge in [0.1, 0.15) is 12.3 Å². The summed E-state index contributed by atoms with van der Waals surface area (Å²) < 4.78 is 36.8. The highest BCUT2D eigenvalue weighted by Crippen LogP contribution is 2.36. The Balaban J connectivity index is 1.37. The first-order valence-corrected chi connectivity index (χ1v) is 10.3. The summed E-state index contributed by atoms with van der Waals surface area (Å²) in [7, 11) is 0. The molecule has 2 aromatic carbocycles. The van der Waals surface area contributed by atoms with E-state index in [4.69, 9.17) is 4.74 Å². The number of hydrogen-bond donors (Lipinski definition) is 2. The molecular weight excluding hydrogens is 414 g/mol. The number of ether oxygens (including phenoxy) is 1. The minimum absolute atomic E-state index is 0.00364. The third kappa shape index (κ3) is 3.18. The molecule has 0 fully saturated rings. The maximum atomic E-state index is 14.8. The first-order valence-electron chi connectivity index (χ1n) is 10.3. The summed E-state index contributed by atoms with van der Waals surface area (Å²) in [6.45, 7) is 1.98. The van der Waals surface area contributed by atoms with Gasteiger partial charge in [-0.1, -0.05) is 6.07 Å². The van der Waals surface area contributed by atoms with E-state index in [1.807, 2.05) is 12.1 Å². The molecule has 7 nitrogen and oxygen atoms in total. The number of nitrogens with zero attached hydrogens (tertiary/aromatic N) is 4. The highest BCUT2D eigenvalue weighted by atomic mass is 19.1. The number of halogens is 2. The molecule has 2 aliphatic heterocycles. The second-order valence-corrected chi connectivity index (χ2v) is 7.78. The van der Waals surface area contributed by atoms with Gasteiger partial charge in [-0.15, -0.1) is 0 Å². The number of imidazole rings is 1. The van der Waals surface area contributed by atoms with Crippen molar-refractivity contribution in [3.63, 3.8) is 0 Å². The lowest BCUT2D eigenvalue weighted by Crippen LogP contribution is -2.23. The minimum Gasteiger partial charge on any atom is -0.482 e. The molecule has 9 heteroatoms. The Labute approximate surface area is 182 Å². The SMILES string of the molecule is Fc1cnc(Nc2ccc3c(c2)CNCC3)nc1-c1cc(F)c2c(c1)-n1cncc1CO2.